The highest BCUT2D eigenvalue weighted by Crippen LogP contribution is 2.10. The van der Waals surface area contributed by atoms with Gasteiger partial charge in [-0.25, -0.2) is 0 Å². The number of ether oxygens (including phenoxy) is 1. The molecule has 0 spiro atoms. The minimum Gasteiger partial charge on any atom is -0.467 e. The molecule has 5 heteroatoms. The number of carbonyl (C=O) groups is 1. The maximum absolute atomic E-state index is 12.2. The summed E-state index contributed by atoms with van der Waals surface area (Å²) in [5.74, 6) is 0.872. The van der Waals surface area contributed by atoms with Crippen molar-refractivity contribution in [1.29, 1.82) is 0 Å². The molecule has 0 aromatic carbocycles. The van der Waals surface area contributed by atoms with Crippen molar-refractivity contribution in [2.24, 2.45) is 0 Å². The number of nitrogens with zero attached hydrogens (tertiary/aromatic N) is 1. The van der Waals surface area contributed by atoms with Gasteiger partial charge in [0.2, 0.25) is 0 Å². The lowest BCUT2D eigenvalue weighted by Gasteiger charge is -2.19. The molecule has 2 aromatic rings. The van der Waals surface area contributed by atoms with Crippen molar-refractivity contribution in [2.45, 2.75) is 6.54 Å². The summed E-state index contributed by atoms with van der Waals surface area (Å²) in [5.41, 5.74) is 0. The van der Waals surface area contributed by atoms with E-state index in [4.69, 9.17) is 13.6 Å². The number of hydrogen-bond donors (Lipinski definition) is 0. The fraction of sp³-hybridized carbons (Fsp3) is 0.308. The molecule has 0 saturated heterocycles. The van der Waals surface area contributed by atoms with Gasteiger partial charge in [-0.2, -0.15) is 0 Å². The lowest BCUT2D eigenvalue weighted by molar-refractivity contribution is 0.0635. The lowest BCUT2D eigenvalue weighted by atomic mass is 10.3. The average Bonchev–Trinajstić information content (AvgIpc) is 3.06. The Labute approximate surface area is 105 Å². The Kier molecular flexibility index (Phi) is 4.20. The van der Waals surface area contributed by atoms with E-state index in [1.54, 1.807) is 36.5 Å². The predicted octanol–water partition coefficient (Wildman–Crippen LogP) is 2.16. The van der Waals surface area contributed by atoms with E-state index in [2.05, 4.69) is 0 Å². The topological polar surface area (TPSA) is 55.8 Å². The molecule has 1 amide bonds. The van der Waals surface area contributed by atoms with E-state index < -0.39 is 0 Å². The molecular weight excluding hydrogens is 234 g/mol. The molecule has 0 saturated carbocycles. The van der Waals surface area contributed by atoms with E-state index in [9.17, 15) is 4.79 Å². The van der Waals surface area contributed by atoms with Crippen LogP contribution >= 0.6 is 0 Å². The van der Waals surface area contributed by atoms with Crippen molar-refractivity contribution in [1.82, 2.24) is 4.90 Å². The van der Waals surface area contributed by atoms with Gasteiger partial charge in [-0.3, -0.25) is 4.79 Å². The Morgan fingerprint density at radius 2 is 2.06 bits per heavy atom. The van der Waals surface area contributed by atoms with Gasteiger partial charge in [-0.1, -0.05) is 0 Å². The summed E-state index contributed by atoms with van der Waals surface area (Å²) in [6.07, 6.45) is 3.07. The summed E-state index contributed by atoms with van der Waals surface area (Å²) in [6, 6.07) is 6.95. The molecule has 0 N–H and O–H groups in total. The van der Waals surface area contributed by atoms with Crippen LogP contribution in [0.5, 0.6) is 0 Å². The Bertz CT molecular complexity index is 461. The van der Waals surface area contributed by atoms with Crippen LogP contribution in [0.15, 0.2) is 45.6 Å². The van der Waals surface area contributed by atoms with Crippen LogP contribution in [0, 0.1) is 0 Å². The third-order valence-corrected chi connectivity index (χ3v) is 2.51. The molecule has 0 radical (unpaired) electrons. The van der Waals surface area contributed by atoms with E-state index in [0.717, 1.165) is 5.76 Å². The first-order chi connectivity index (χ1) is 8.81. The second-order valence-corrected chi connectivity index (χ2v) is 3.78. The van der Waals surface area contributed by atoms with Crippen LogP contribution in [0.1, 0.15) is 16.3 Å². The highest BCUT2D eigenvalue weighted by molar-refractivity contribution is 5.91. The summed E-state index contributed by atoms with van der Waals surface area (Å²) >= 11 is 0. The largest absolute Gasteiger partial charge is 0.467 e. The second kappa shape index (κ2) is 6.07. The van der Waals surface area contributed by atoms with Gasteiger partial charge >= 0.3 is 0 Å². The zero-order chi connectivity index (χ0) is 12.8. The van der Waals surface area contributed by atoms with Crippen LogP contribution in [-0.4, -0.2) is 31.1 Å². The van der Waals surface area contributed by atoms with E-state index in [-0.39, 0.29) is 5.91 Å². The third kappa shape index (κ3) is 3.01. The molecular formula is C13H15NO4. The summed E-state index contributed by atoms with van der Waals surface area (Å²) in [5, 5.41) is 0. The van der Waals surface area contributed by atoms with Gasteiger partial charge in [-0.15, -0.1) is 0 Å². The van der Waals surface area contributed by atoms with Crippen molar-refractivity contribution in [3.63, 3.8) is 0 Å². The number of methoxy groups -OCH3 is 1. The average molecular weight is 249 g/mol. The second-order valence-electron chi connectivity index (χ2n) is 3.78. The van der Waals surface area contributed by atoms with E-state index in [1.807, 2.05) is 6.07 Å². The fourth-order valence-corrected chi connectivity index (χ4v) is 1.60. The van der Waals surface area contributed by atoms with Crippen LogP contribution in [0.25, 0.3) is 0 Å². The first-order valence-electron chi connectivity index (χ1n) is 5.65. The quantitative estimate of drug-likeness (QED) is 0.787. The molecule has 0 aliphatic carbocycles. The number of hydrogen-bond acceptors (Lipinski definition) is 4. The normalized spacial score (nSPS) is 10.5. The standard InChI is InChI=1S/C13H15NO4/c1-16-9-6-14(10-11-4-2-7-17-11)13(15)12-5-3-8-18-12/h2-5,7-8H,6,9-10H2,1H3. The van der Waals surface area contributed by atoms with Crippen molar-refractivity contribution >= 4 is 5.91 Å². The molecule has 96 valence electrons. The Morgan fingerprint density at radius 1 is 1.28 bits per heavy atom. The molecule has 5 nitrogen and oxygen atoms in total. The van der Waals surface area contributed by atoms with Gasteiger partial charge in [0.1, 0.15) is 5.76 Å². The van der Waals surface area contributed by atoms with Crippen molar-refractivity contribution in [2.75, 3.05) is 20.3 Å². The number of carbonyl (C=O) groups excluding carboxylic acids is 1. The Balaban J connectivity index is 2.07. The molecule has 18 heavy (non-hydrogen) atoms. The zero-order valence-corrected chi connectivity index (χ0v) is 10.2. The lowest BCUT2D eigenvalue weighted by Crippen LogP contribution is -2.33. The van der Waals surface area contributed by atoms with Crippen molar-refractivity contribution in [3.05, 3.63) is 48.3 Å². The Morgan fingerprint density at radius 3 is 2.67 bits per heavy atom. The maximum atomic E-state index is 12.2. The van der Waals surface area contributed by atoms with Crippen molar-refractivity contribution in [3.8, 4) is 0 Å². The molecule has 0 unspecified atom stereocenters. The van der Waals surface area contributed by atoms with Crippen LogP contribution < -0.4 is 0 Å². The first kappa shape index (κ1) is 12.4. The van der Waals surface area contributed by atoms with Crippen LogP contribution in [-0.2, 0) is 11.3 Å². The third-order valence-electron chi connectivity index (χ3n) is 2.51. The van der Waals surface area contributed by atoms with E-state index in [1.165, 1.54) is 6.26 Å². The molecule has 0 aliphatic rings. The number of rotatable bonds is 6. The van der Waals surface area contributed by atoms with Gasteiger partial charge in [0, 0.05) is 13.7 Å². The van der Waals surface area contributed by atoms with Gasteiger partial charge in [0.25, 0.3) is 5.91 Å². The minimum atomic E-state index is -0.173. The van der Waals surface area contributed by atoms with E-state index >= 15 is 0 Å². The molecule has 0 bridgehead atoms. The number of amides is 1. The SMILES string of the molecule is COCCN(Cc1ccco1)C(=O)c1ccco1. The van der Waals surface area contributed by atoms with Gasteiger partial charge in [0.05, 0.1) is 25.7 Å². The fourth-order valence-electron chi connectivity index (χ4n) is 1.60. The minimum absolute atomic E-state index is 0.173. The smallest absolute Gasteiger partial charge is 0.290 e. The first-order valence-corrected chi connectivity index (χ1v) is 5.65. The highest BCUT2D eigenvalue weighted by atomic mass is 16.5. The summed E-state index contributed by atoms with van der Waals surface area (Å²) in [7, 11) is 1.60. The molecule has 0 aliphatic heterocycles. The summed E-state index contributed by atoms with van der Waals surface area (Å²) in [4.78, 5) is 13.8. The molecule has 2 rings (SSSR count). The predicted molar refractivity (Wildman–Crippen MR) is 64.0 cm³/mol. The van der Waals surface area contributed by atoms with Crippen LogP contribution in [0.3, 0.4) is 0 Å². The van der Waals surface area contributed by atoms with Gasteiger partial charge < -0.3 is 18.5 Å². The highest BCUT2D eigenvalue weighted by Gasteiger charge is 2.19. The summed E-state index contributed by atoms with van der Waals surface area (Å²) < 4.78 is 15.4. The molecule has 2 aromatic heterocycles. The van der Waals surface area contributed by atoms with Crippen LogP contribution in [0.4, 0.5) is 0 Å². The zero-order valence-electron chi connectivity index (χ0n) is 10.2. The van der Waals surface area contributed by atoms with Crippen molar-refractivity contribution < 1.29 is 18.4 Å². The summed E-state index contributed by atoms with van der Waals surface area (Å²) in [6.45, 7) is 1.35. The van der Waals surface area contributed by atoms with Gasteiger partial charge in [-0.05, 0) is 24.3 Å². The Hall–Kier alpha value is -2.01. The van der Waals surface area contributed by atoms with E-state index in [0.29, 0.717) is 25.5 Å². The molecule has 2 heterocycles. The van der Waals surface area contributed by atoms with Gasteiger partial charge in [0.15, 0.2) is 5.76 Å². The van der Waals surface area contributed by atoms with Crippen LogP contribution in [0.2, 0.25) is 0 Å². The molecule has 0 atom stereocenters. The number of furan rings is 2. The monoisotopic (exact) mass is 249 g/mol. The maximum Gasteiger partial charge on any atom is 0.290 e. The molecule has 0 fully saturated rings.